The van der Waals surface area contributed by atoms with Gasteiger partial charge in [-0.2, -0.15) is 23.5 Å². The summed E-state index contributed by atoms with van der Waals surface area (Å²) in [5.74, 6) is 0.505. The van der Waals surface area contributed by atoms with E-state index in [9.17, 15) is 13.2 Å². The lowest BCUT2D eigenvalue weighted by molar-refractivity contribution is -0.137. The fourth-order valence-corrected chi connectivity index (χ4v) is 4.28. The summed E-state index contributed by atoms with van der Waals surface area (Å²) in [5, 5.41) is 16.1. The number of furan rings is 1. The number of aromatic nitrogens is 1. The molecule has 0 saturated carbocycles. The van der Waals surface area contributed by atoms with Gasteiger partial charge in [0.25, 0.3) is 0 Å². The van der Waals surface area contributed by atoms with Crippen LogP contribution < -0.4 is 4.80 Å². The molecule has 5 nitrogen and oxygen atoms in total. The van der Waals surface area contributed by atoms with Gasteiger partial charge in [0.1, 0.15) is 11.3 Å². The summed E-state index contributed by atoms with van der Waals surface area (Å²) in [6, 6.07) is 23.3. The highest BCUT2D eigenvalue weighted by molar-refractivity contribution is 7.07. The molecule has 0 atom stereocenters. The third-order valence-electron chi connectivity index (χ3n) is 5.15. The Bertz CT molecular complexity index is 1620. The smallest absolute Gasteiger partial charge is 0.418 e. The third kappa shape index (κ3) is 4.65. The molecular formula is C26H15F3N4OS. The monoisotopic (exact) mass is 488 g/mol. The van der Waals surface area contributed by atoms with Gasteiger partial charge in [-0.15, -0.1) is 11.3 Å². The Balaban J connectivity index is 1.67. The van der Waals surface area contributed by atoms with E-state index in [0.29, 0.717) is 28.2 Å². The maximum Gasteiger partial charge on any atom is 0.418 e. The SMILES string of the molecule is N#Cc1ccc(/C=N/n2c(-c3cc4ccccc4o3)csc2=Nc2ccccc2C(F)(F)F)cc1. The number of nitrogens with zero attached hydrogens (tertiary/aromatic N) is 4. The number of hydrogen-bond acceptors (Lipinski definition) is 5. The number of alkyl halides is 3. The summed E-state index contributed by atoms with van der Waals surface area (Å²) in [6.45, 7) is 0. The van der Waals surface area contributed by atoms with Crippen LogP contribution in [0.3, 0.4) is 0 Å². The van der Waals surface area contributed by atoms with Crippen LogP contribution in [-0.2, 0) is 6.18 Å². The van der Waals surface area contributed by atoms with E-state index in [1.54, 1.807) is 35.9 Å². The molecule has 0 fully saturated rings. The molecule has 2 heterocycles. The highest BCUT2D eigenvalue weighted by Gasteiger charge is 2.33. The molecule has 0 amide bonds. The predicted octanol–water partition coefficient (Wildman–Crippen LogP) is 6.97. The van der Waals surface area contributed by atoms with E-state index in [1.807, 2.05) is 30.3 Å². The molecule has 0 aliphatic rings. The summed E-state index contributed by atoms with van der Waals surface area (Å²) in [4.78, 5) is 4.55. The van der Waals surface area contributed by atoms with E-state index < -0.39 is 11.7 Å². The normalized spacial score (nSPS) is 12.5. The van der Waals surface area contributed by atoms with Crippen LogP contribution in [-0.4, -0.2) is 10.9 Å². The second kappa shape index (κ2) is 9.08. The van der Waals surface area contributed by atoms with Crippen LogP contribution in [0.4, 0.5) is 18.9 Å². The Morgan fingerprint density at radius 2 is 1.71 bits per heavy atom. The van der Waals surface area contributed by atoms with Crippen LogP contribution in [0, 0.1) is 11.3 Å². The molecule has 35 heavy (non-hydrogen) atoms. The van der Waals surface area contributed by atoms with Crippen molar-refractivity contribution >= 4 is 34.2 Å². The van der Waals surface area contributed by atoms with Crippen LogP contribution in [0.1, 0.15) is 16.7 Å². The third-order valence-corrected chi connectivity index (χ3v) is 5.97. The molecule has 3 aromatic carbocycles. The van der Waals surface area contributed by atoms with Gasteiger partial charge in [-0.1, -0.05) is 42.5 Å². The molecule has 0 saturated heterocycles. The van der Waals surface area contributed by atoms with E-state index in [2.05, 4.69) is 16.2 Å². The minimum Gasteiger partial charge on any atom is -0.454 e. The molecule has 2 aromatic heterocycles. The average Bonchev–Trinajstić information content (AvgIpc) is 3.46. The van der Waals surface area contributed by atoms with Crippen molar-refractivity contribution in [2.24, 2.45) is 10.1 Å². The summed E-state index contributed by atoms with van der Waals surface area (Å²) in [6.07, 6.45) is -3.00. The number of fused-ring (bicyclic) bond motifs is 1. The lowest BCUT2D eigenvalue weighted by Gasteiger charge is -2.08. The largest absolute Gasteiger partial charge is 0.454 e. The van der Waals surface area contributed by atoms with Crippen molar-refractivity contribution in [3.63, 3.8) is 0 Å². The highest BCUT2D eigenvalue weighted by Crippen LogP contribution is 2.36. The topological polar surface area (TPSA) is 66.6 Å². The van der Waals surface area contributed by atoms with Crippen molar-refractivity contribution in [2.45, 2.75) is 6.18 Å². The minimum atomic E-state index is -4.55. The number of hydrogen-bond donors (Lipinski definition) is 0. The van der Waals surface area contributed by atoms with Gasteiger partial charge in [0.05, 0.1) is 29.1 Å². The maximum atomic E-state index is 13.5. The fourth-order valence-electron chi connectivity index (χ4n) is 3.45. The van der Waals surface area contributed by atoms with Crippen molar-refractivity contribution in [1.82, 2.24) is 4.68 Å². The minimum absolute atomic E-state index is 0.208. The zero-order chi connectivity index (χ0) is 24.4. The van der Waals surface area contributed by atoms with Crippen molar-refractivity contribution < 1.29 is 17.6 Å². The Hall–Kier alpha value is -4.42. The zero-order valence-electron chi connectivity index (χ0n) is 17.9. The molecule has 9 heteroatoms. The van der Waals surface area contributed by atoms with Crippen LogP contribution in [0.5, 0.6) is 0 Å². The van der Waals surface area contributed by atoms with Crippen molar-refractivity contribution in [1.29, 1.82) is 5.26 Å². The molecular weight excluding hydrogens is 473 g/mol. The van der Waals surface area contributed by atoms with E-state index in [0.717, 1.165) is 22.8 Å². The molecule has 0 radical (unpaired) electrons. The predicted molar refractivity (Wildman–Crippen MR) is 128 cm³/mol. The summed E-state index contributed by atoms with van der Waals surface area (Å²) < 4.78 is 48.0. The lowest BCUT2D eigenvalue weighted by Crippen LogP contribution is -2.12. The first-order chi connectivity index (χ1) is 16.9. The van der Waals surface area contributed by atoms with Gasteiger partial charge >= 0.3 is 6.18 Å². The Morgan fingerprint density at radius 1 is 0.971 bits per heavy atom. The van der Waals surface area contributed by atoms with Gasteiger partial charge in [-0.3, -0.25) is 0 Å². The maximum absolute atomic E-state index is 13.5. The molecule has 0 aliphatic carbocycles. The van der Waals surface area contributed by atoms with Gasteiger partial charge in [-0.05, 0) is 42.0 Å². The number of halogens is 3. The van der Waals surface area contributed by atoms with Crippen LogP contribution in [0.2, 0.25) is 0 Å². The molecule has 0 aliphatic heterocycles. The van der Waals surface area contributed by atoms with Crippen molar-refractivity contribution in [3.8, 4) is 17.5 Å². The van der Waals surface area contributed by atoms with Gasteiger partial charge in [-0.25, -0.2) is 9.67 Å². The quantitative estimate of drug-likeness (QED) is 0.257. The lowest BCUT2D eigenvalue weighted by atomic mass is 10.2. The van der Waals surface area contributed by atoms with Crippen LogP contribution in [0.25, 0.3) is 22.4 Å². The number of para-hydroxylation sites is 2. The van der Waals surface area contributed by atoms with Crippen LogP contribution in [0.15, 0.2) is 98.8 Å². The Kier molecular flexibility index (Phi) is 5.81. The van der Waals surface area contributed by atoms with E-state index in [-0.39, 0.29) is 10.5 Å². The molecule has 0 bridgehead atoms. The average molecular weight is 488 g/mol. The molecule has 0 unspecified atom stereocenters. The van der Waals surface area contributed by atoms with Gasteiger partial charge in [0.2, 0.25) is 4.80 Å². The number of benzene rings is 3. The van der Waals surface area contributed by atoms with Gasteiger partial charge in [0.15, 0.2) is 5.76 Å². The zero-order valence-corrected chi connectivity index (χ0v) is 18.7. The first kappa shape index (κ1) is 22.4. The van der Waals surface area contributed by atoms with Gasteiger partial charge < -0.3 is 4.42 Å². The van der Waals surface area contributed by atoms with E-state index in [1.165, 1.54) is 22.9 Å². The number of thiazole rings is 1. The second-order valence-electron chi connectivity index (χ2n) is 7.47. The highest BCUT2D eigenvalue weighted by atomic mass is 32.1. The van der Waals surface area contributed by atoms with E-state index in [4.69, 9.17) is 9.68 Å². The molecule has 0 N–H and O–H groups in total. The second-order valence-corrected chi connectivity index (χ2v) is 8.31. The van der Waals surface area contributed by atoms with Crippen LogP contribution >= 0.6 is 11.3 Å². The first-order valence-electron chi connectivity index (χ1n) is 10.4. The Morgan fingerprint density at radius 3 is 2.46 bits per heavy atom. The number of nitriles is 1. The summed E-state index contributed by atoms with van der Waals surface area (Å²) >= 11 is 1.15. The summed E-state index contributed by atoms with van der Waals surface area (Å²) in [5.41, 5.74) is 1.39. The number of rotatable bonds is 4. The molecule has 5 rings (SSSR count). The standard InChI is InChI=1S/C26H15F3N4OS/c27-26(28,29)20-6-2-3-7-21(20)32-25-33(31-15-18-11-9-17(14-30)10-12-18)22(16-35-25)24-13-19-5-1-4-8-23(19)34-24/h1-13,15-16H/b31-15+,32-25?. The van der Waals surface area contributed by atoms with Gasteiger partial charge in [0, 0.05) is 10.8 Å². The molecule has 5 aromatic rings. The summed E-state index contributed by atoms with van der Waals surface area (Å²) in [7, 11) is 0. The Labute approximate surface area is 201 Å². The van der Waals surface area contributed by atoms with Crippen molar-refractivity contribution in [2.75, 3.05) is 0 Å². The molecule has 172 valence electrons. The van der Waals surface area contributed by atoms with E-state index >= 15 is 0 Å². The van der Waals surface area contributed by atoms with Crippen molar-refractivity contribution in [3.05, 3.63) is 106 Å². The fraction of sp³-hybridized carbons (Fsp3) is 0.0385. The molecule has 0 spiro atoms. The first-order valence-corrected chi connectivity index (χ1v) is 11.3.